The second-order valence-corrected chi connectivity index (χ2v) is 5.25. The molecule has 0 saturated carbocycles. The Bertz CT molecular complexity index is 253. The van der Waals surface area contributed by atoms with Gasteiger partial charge in [-0.15, -0.1) is 0 Å². The Morgan fingerprint density at radius 3 is 2.71 bits per heavy atom. The number of rotatable bonds is 5. The number of amides is 1. The summed E-state index contributed by atoms with van der Waals surface area (Å²) in [5, 5.41) is 3.21. The number of nitrogens with zero attached hydrogens (tertiary/aromatic N) is 2. The van der Waals surface area contributed by atoms with E-state index >= 15 is 0 Å². The molecule has 0 aromatic rings. The lowest BCUT2D eigenvalue weighted by Crippen LogP contribution is -2.50. The molecule has 2 rings (SSSR count). The zero-order valence-corrected chi connectivity index (χ0v) is 11.0. The minimum Gasteiger partial charge on any atom is -0.341 e. The van der Waals surface area contributed by atoms with Crippen molar-refractivity contribution in [1.29, 1.82) is 0 Å². The van der Waals surface area contributed by atoms with Gasteiger partial charge in [0.15, 0.2) is 0 Å². The van der Waals surface area contributed by atoms with Crippen molar-refractivity contribution >= 4 is 5.91 Å². The first-order valence-corrected chi connectivity index (χ1v) is 6.97. The van der Waals surface area contributed by atoms with E-state index in [1.54, 1.807) is 0 Å². The highest BCUT2D eigenvalue weighted by atomic mass is 16.2. The van der Waals surface area contributed by atoms with Crippen molar-refractivity contribution in [3.63, 3.8) is 0 Å². The van der Waals surface area contributed by atoms with Gasteiger partial charge in [0.1, 0.15) is 0 Å². The molecule has 1 N–H and O–H groups in total. The zero-order valence-electron chi connectivity index (χ0n) is 11.0. The summed E-state index contributed by atoms with van der Waals surface area (Å²) in [6.45, 7) is 4.77. The van der Waals surface area contributed by atoms with Gasteiger partial charge in [-0.2, -0.15) is 0 Å². The molecule has 2 aliphatic rings. The minimum absolute atomic E-state index is 0.340. The maximum Gasteiger partial charge on any atom is 0.236 e. The van der Waals surface area contributed by atoms with Crippen LogP contribution < -0.4 is 5.32 Å². The number of carbonyl (C=O) groups is 1. The van der Waals surface area contributed by atoms with Crippen LogP contribution in [0.25, 0.3) is 0 Å². The average molecular weight is 239 g/mol. The average Bonchev–Trinajstić information content (AvgIpc) is 2.25. The van der Waals surface area contributed by atoms with Crippen LogP contribution in [0.1, 0.15) is 32.1 Å². The van der Waals surface area contributed by atoms with Crippen molar-refractivity contribution in [3.05, 3.63) is 0 Å². The van der Waals surface area contributed by atoms with E-state index in [9.17, 15) is 4.79 Å². The van der Waals surface area contributed by atoms with Crippen molar-refractivity contribution in [2.45, 2.75) is 38.1 Å². The normalized spacial score (nSPS) is 25.7. The molecule has 2 heterocycles. The van der Waals surface area contributed by atoms with Crippen LogP contribution in [0.4, 0.5) is 0 Å². The van der Waals surface area contributed by atoms with E-state index in [-0.39, 0.29) is 0 Å². The molecule has 1 amide bonds. The molecule has 2 aliphatic heterocycles. The largest absolute Gasteiger partial charge is 0.341 e. The first kappa shape index (κ1) is 12.8. The van der Waals surface area contributed by atoms with Crippen LogP contribution in [0.3, 0.4) is 0 Å². The van der Waals surface area contributed by atoms with Gasteiger partial charge in [-0.25, -0.2) is 0 Å². The molecule has 0 aliphatic carbocycles. The van der Waals surface area contributed by atoms with Crippen LogP contribution in [0.5, 0.6) is 0 Å². The highest BCUT2D eigenvalue weighted by molar-refractivity contribution is 5.79. The Morgan fingerprint density at radius 1 is 1.24 bits per heavy atom. The molecule has 0 spiro atoms. The van der Waals surface area contributed by atoms with Crippen LogP contribution in [-0.2, 0) is 4.79 Å². The summed E-state index contributed by atoms with van der Waals surface area (Å²) in [7, 11) is 2.00. The molecule has 1 unspecified atom stereocenters. The van der Waals surface area contributed by atoms with E-state index in [4.69, 9.17) is 0 Å². The summed E-state index contributed by atoms with van der Waals surface area (Å²) < 4.78 is 0. The number of nitrogens with one attached hydrogen (secondary N) is 1. The number of hydrogen-bond donors (Lipinski definition) is 1. The summed E-state index contributed by atoms with van der Waals surface area (Å²) in [5.41, 5.74) is 0. The fourth-order valence-corrected chi connectivity index (χ4v) is 2.75. The summed E-state index contributed by atoms with van der Waals surface area (Å²) >= 11 is 0. The van der Waals surface area contributed by atoms with E-state index in [1.165, 1.54) is 32.1 Å². The molecule has 17 heavy (non-hydrogen) atoms. The predicted molar refractivity (Wildman–Crippen MR) is 69.0 cm³/mol. The van der Waals surface area contributed by atoms with Gasteiger partial charge in [-0.1, -0.05) is 6.42 Å². The quantitative estimate of drug-likeness (QED) is 0.766. The van der Waals surface area contributed by atoms with Gasteiger partial charge < -0.3 is 10.2 Å². The lowest BCUT2D eigenvalue weighted by molar-refractivity contribution is -0.136. The third kappa shape index (κ3) is 3.42. The molecular weight excluding hydrogens is 214 g/mol. The highest BCUT2D eigenvalue weighted by Crippen LogP contribution is 2.20. The first-order chi connectivity index (χ1) is 8.31. The maximum atomic E-state index is 12.0. The summed E-state index contributed by atoms with van der Waals surface area (Å²) in [5.74, 6) is 0.340. The van der Waals surface area contributed by atoms with Gasteiger partial charge in [-0.3, -0.25) is 9.69 Å². The molecule has 1 atom stereocenters. The number of carbonyl (C=O) groups excluding carboxylic acids is 1. The molecule has 0 bridgehead atoms. The van der Waals surface area contributed by atoms with E-state index in [2.05, 4.69) is 10.2 Å². The van der Waals surface area contributed by atoms with Crippen molar-refractivity contribution in [3.8, 4) is 0 Å². The molecule has 0 aromatic heterocycles. The molecule has 2 saturated heterocycles. The van der Waals surface area contributed by atoms with Crippen molar-refractivity contribution in [2.24, 2.45) is 0 Å². The van der Waals surface area contributed by atoms with Crippen molar-refractivity contribution in [1.82, 2.24) is 15.1 Å². The Kier molecular flexibility index (Phi) is 4.80. The fourth-order valence-electron chi connectivity index (χ4n) is 2.75. The summed E-state index contributed by atoms with van der Waals surface area (Å²) in [4.78, 5) is 16.4. The van der Waals surface area contributed by atoms with E-state index in [1.807, 2.05) is 11.9 Å². The Hall–Kier alpha value is -0.610. The Morgan fingerprint density at radius 2 is 2.06 bits per heavy atom. The number of hydrogen-bond acceptors (Lipinski definition) is 3. The third-order valence-electron chi connectivity index (χ3n) is 4.02. The summed E-state index contributed by atoms with van der Waals surface area (Å²) in [6.07, 6.45) is 6.19. The third-order valence-corrected chi connectivity index (χ3v) is 4.02. The van der Waals surface area contributed by atoms with E-state index in [0.717, 1.165) is 26.2 Å². The van der Waals surface area contributed by atoms with Crippen LogP contribution >= 0.6 is 0 Å². The molecule has 2 fully saturated rings. The molecular formula is C13H25N3O. The van der Waals surface area contributed by atoms with E-state index < -0.39 is 0 Å². The van der Waals surface area contributed by atoms with E-state index in [0.29, 0.717) is 18.5 Å². The highest BCUT2D eigenvalue weighted by Gasteiger charge is 2.27. The standard InChI is InChI=1S/C13H25N3O/c1-14-7-6-12-5-2-3-8-16(12)11-13(17)15-9-4-10-15/h12,14H,2-11H2,1H3. The molecule has 98 valence electrons. The SMILES string of the molecule is CNCCC1CCCCN1CC(=O)N1CCC1. The van der Waals surface area contributed by atoms with Gasteiger partial charge in [0, 0.05) is 19.1 Å². The second-order valence-electron chi connectivity index (χ2n) is 5.25. The van der Waals surface area contributed by atoms with Crippen LogP contribution in [0.15, 0.2) is 0 Å². The lowest BCUT2D eigenvalue weighted by atomic mass is 9.99. The smallest absolute Gasteiger partial charge is 0.236 e. The monoisotopic (exact) mass is 239 g/mol. The molecule has 0 aromatic carbocycles. The fraction of sp³-hybridized carbons (Fsp3) is 0.923. The van der Waals surface area contributed by atoms with Gasteiger partial charge >= 0.3 is 0 Å². The number of likely N-dealkylation sites (tertiary alicyclic amines) is 2. The Balaban J connectivity index is 1.80. The van der Waals surface area contributed by atoms with Crippen molar-refractivity contribution in [2.75, 3.05) is 39.8 Å². The van der Waals surface area contributed by atoms with Gasteiger partial charge in [0.25, 0.3) is 0 Å². The van der Waals surface area contributed by atoms with Crippen molar-refractivity contribution < 1.29 is 4.79 Å². The molecule has 4 heteroatoms. The van der Waals surface area contributed by atoms with Gasteiger partial charge in [0.2, 0.25) is 5.91 Å². The van der Waals surface area contributed by atoms with Crippen LogP contribution in [0, 0.1) is 0 Å². The molecule has 0 radical (unpaired) electrons. The van der Waals surface area contributed by atoms with Gasteiger partial charge in [-0.05, 0) is 45.8 Å². The molecule has 4 nitrogen and oxygen atoms in total. The summed E-state index contributed by atoms with van der Waals surface area (Å²) in [6, 6.07) is 0.612. The minimum atomic E-state index is 0.340. The Labute approximate surface area is 104 Å². The lowest BCUT2D eigenvalue weighted by Gasteiger charge is -2.38. The predicted octanol–water partition coefficient (Wildman–Crippen LogP) is 0.683. The zero-order chi connectivity index (χ0) is 12.1. The topological polar surface area (TPSA) is 35.6 Å². The second kappa shape index (κ2) is 6.36. The number of piperidine rings is 1. The van der Waals surface area contributed by atoms with Gasteiger partial charge in [0.05, 0.1) is 6.54 Å². The van der Waals surface area contributed by atoms with Crippen LogP contribution in [-0.4, -0.2) is 61.5 Å². The van der Waals surface area contributed by atoms with Crippen LogP contribution in [0.2, 0.25) is 0 Å². The maximum absolute atomic E-state index is 12.0. The first-order valence-electron chi connectivity index (χ1n) is 6.97.